The molecule has 0 spiro atoms. The molecule has 3 fully saturated rings. The van der Waals surface area contributed by atoms with E-state index in [1.807, 2.05) is 12.1 Å². The summed E-state index contributed by atoms with van der Waals surface area (Å²) >= 11 is 0. The Balaban J connectivity index is 0.00000210. The summed E-state index contributed by atoms with van der Waals surface area (Å²) in [5.74, 6) is 2.04. The number of likely N-dealkylation sites (tertiary alicyclic amines) is 1. The van der Waals surface area contributed by atoms with Crippen molar-refractivity contribution in [2.24, 2.45) is 4.99 Å². The molecule has 0 bridgehead atoms. The predicted octanol–water partition coefficient (Wildman–Crippen LogP) is 3.93. The lowest BCUT2D eigenvalue weighted by Gasteiger charge is -2.34. The average molecular weight is 486 g/mol. The third-order valence-corrected chi connectivity index (χ3v) is 6.09. The van der Waals surface area contributed by atoms with E-state index in [2.05, 4.69) is 15.5 Å². The molecule has 4 rings (SSSR count). The van der Waals surface area contributed by atoms with Crippen molar-refractivity contribution in [1.29, 1.82) is 0 Å². The first-order chi connectivity index (χ1) is 12.9. The molecule has 0 radical (unpaired) electrons. The van der Waals surface area contributed by atoms with Crippen LogP contribution in [0.5, 0.6) is 0 Å². The maximum absolute atomic E-state index is 5.44. The number of piperidine rings is 1. The van der Waals surface area contributed by atoms with Gasteiger partial charge in [0, 0.05) is 44.2 Å². The largest absolute Gasteiger partial charge is 0.469 e. The first-order valence-electron chi connectivity index (χ1n) is 10.7. The van der Waals surface area contributed by atoms with Gasteiger partial charge in [0.2, 0.25) is 0 Å². The summed E-state index contributed by atoms with van der Waals surface area (Å²) in [5, 5.41) is 7.47. The molecule has 1 aliphatic heterocycles. The molecule has 152 valence electrons. The molecule has 6 heteroatoms. The van der Waals surface area contributed by atoms with Gasteiger partial charge in [-0.15, -0.1) is 24.0 Å². The van der Waals surface area contributed by atoms with Crippen molar-refractivity contribution in [1.82, 2.24) is 15.5 Å². The highest BCUT2D eigenvalue weighted by molar-refractivity contribution is 14.0. The Labute approximate surface area is 180 Å². The van der Waals surface area contributed by atoms with E-state index in [1.165, 1.54) is 70.9 Å². The second kappa shape index (κ2) is 10.7. The molecule has 2 saturated carbocycles. The number of guanidine groups is 1. The Morgan fingerprint density at radius 1 is 1.00 bits per heavy atom. The summed E-state index contributed by atoms with van der Waals surface area (Å²) < 4.78 is 5.44. The smallest absolute Gasteiger partial charge is 0.191 e. The van der Waals surface area contributed by atoms with Gasteiger partial charge >= 0.3 is 0 Å². The van der Waals surface area contributed by atoms with E-state index in [-0.39, 0.29) is 24.0 Å². The first-order valence-corrected chi connectivity index (χ1v) is 10.7. The molecule has 2 heterocycles. The number of aliphatic imine (C=N–C) groups is 1. The zero-order valence-corrected chi connectivity index (χ0v) is 18.7. The zero-order valence-electron chi connectivity index (χ0n) is 16.4. The minimum absolute atomic E-state index is 0. The molecule has 1 aromatic heterocycles. The number of furan rings is 1. The van der Waals surface area contributed by atoms with Crippen LogP contribution in [0.15, 0.2) is 27.8 Å². The van der Waals surface area contributed by atoms with Gasteiger partial charge in [0.15, 0.2) is 5.96 Å². The van der Waals surface area contributed by atoms with Crippen LogP contribution in [-0.4, -0.2) is 48.6 Å². The Hall–Kier alpha value is -0.760. The van der Waals surface area contributed by atoms with E-state index in [0.29, 0.717) is 12.1 Å². The topological polar surface area (TPSA) is 52.8 Å². The van der Waals surface area contributed by atoms with Crippen LogP contribution in [0, 0.1) is 0 Å². The molecule has 2 N–H and O–H groups in total. The molecule has 1 saturated heterocycles. The van der Waals surface area contributed by atoms with Crippen LogP contribution < -0.4 is 10.6 Å². The van der Waals surface area contributed by atoms with Gasteiger partial charge in [-0.2, -0.15) is 0 Å². The van der Waals surface area contributed by atoms with E-state index in [9.17, 15) is 0 Å². The lowest BCUT2D eigenvalue weighted by Crippen LogP contribution is -2.51. The molecule has 0 aromatic carbocycles. The Bertz CT molecular complexity index is 559. The zero-order chi connectivity index (χ0) is 17.6. The van der Waals surface area contributed by atoms with Gasteiger partial charge in [-0.05, 0) is 50.7 Å². The summed E-state index contributed by atoms with van der Waals surface area (Å²) in [7, 11) is 0. The number of nitrogens with one attached hydrogen (secondary N) is 2. The number of hydrogen-bond donors (Lipinski definition) is 2. The lowest BCUT2D eigenvalue weighted by molar-refractivity contribution is 0.197. The van der Waals surface area contributed by atoms with E-state index in [1.54, 1.807) is 6.26 Å². The Morgan fingerprint density at radius 3 is 2.33 bits per heavy atom. The second-order valence-corrected chi connectivity index (χ2v) is 8.22. The number of halogens is 1. The highest BCUT2D eigenvalue weighted by Crippen LogP contribution is 2.29. The summed E-state index contributed by atoms with van der Waals surface area (Å²) in [4.78, 5) is 7.56. The Morgan fingerprint density at radius 2 is 1.70 bits per heavy atom. The van der Waals surface area contributed by atoms with Gasteiger partial charge in [0.25, 0.3) is 0 Å². The highest BCUT2D eigenvalue weighted by atomic mass is 127. The Kier molecular flexibility index (Phi) is 8.30. The fourth-order valence-corrected chi connectivity index (χ4v) is 4.35. The molecule has 1 aromatic rings. The van der Waals surface area contributed by atoms with Crippen molar-refractivity contribution in [3.05, 3.63) is 24.2 Å². The predicted molar refractivity (Wildman–Crippen MR) is 121 cm³/mol. The second-order valence-electron chi connectivity index (χ2n) is 8.22. The van der Waals surface area contributed by atoms with E-state index < -0.39 is 0 Å². The van der Waals surface area contributed by atoms with E-state index in [4.69, 9.17) is 9.41 Å². The number of hydrogen-bond acceptors (Lipinski definition) is 3. The molecule has 0 unspecified atom stereocenters. The minimum atomic E-state index is 0. The van der Waals surface area contributed by atoms with Crippen molar-refractivity contribution in [3.63, 3.8) is 0 Å². The fourth-order valence-electron chi connectivity index (χ4n) is 4.35. The summed E-state index contributed by atoms with van der Waals surface area (Å²) in [5.41, 5.74) is 0. The molecule has 2 aliphatic carbocycles. The van der Waals surface area contributed by atoms with Crippen LogP contribution in [0.1, 0.15) is 63.5 Å². The monoisotopic (exact) mass is 486 g/mol. The van der Waals surface area contributed by atoms with Gasteiger partial charge < -0.3 is 20.0 Å². The fraction of sp³-hybridized carbons (Fsp3) is 0.762. The molecule has 0 atom stereocenters. The molecule has 27 heavy (non-hydrogen) atoms. The van der Waals surface area contributed by atoms with Gasteiger partial charge in [0.1, 0.15) is 5.76 Å². The minimum Gasteiger partial charge on any atom is -0.469 e. The average Bonchev–Trinajstić information content (AvgIpc) is 3.39. The molecular weight excluding hydrogens is 451 g/mol. The van der Waals surface area contributed by atoms with Crippen LogP contribution in [0.2, 0.25) is 0 Å². The van der Waals surface area contributed by atoms with Crippen LogP contribution in [0.25, 0.3) is 0 Å². The van der Waals surface area contributed by atoms with Crippen LogP contribution in [-0.2, 0) is 6.42 Å². The third-order valence-electron chi connectivity index (χ3n) is 6.09. The van der Waals surface area contributed by atoms with Crippen LogP contribution in [0.4, 0.5) is 0 Å². The van der Waals surface area contributed by atoms with Crippen LogP contribution >= 0.6 is 24.0 Å². The summed E-state index contributed by atoms with van der Waals surface area (Å²) in [6.07, 6.45) is 14.5. The maximum atomic E-state index is 5.44. The standard InChI is InChI=1S/C21H34N4O.HI/c1-2-5-17(6-3-1)23-21(22-13-10-20-7-4-16-26-20)24-18-11-14-25(15-12-18)19-8-9-19;/h4,7,16-19H,1-3,5-6,8-15H2,(H2,22,23,24);1H. The van der Waals surface area contributed by atoms with Crippen LogP contribution in [0.3, 0.4) is 0 Å². The summed E-state index contributed by atoms with van der Waals surface area (Å²) in [6, 6.07) is 6.03. The van der Waals surface area contributed by atoms with Crippen molar-refractivity contribution in [2.75, 3.05) is 19.6 Å². The normalized spacial score (nSPS) is 23.0. The maximum Gasteiger partial charge on any atom is 0.191 e. The number of nitrogens with zero attached hydrogens (tertiary/aromatic N) is 2. The molecule has 0 amide bonds. The van der Waals surface area contributed by atoms with Crippen molar-refractivity contribution in [3.8, 4) is 0 Å². The molecular formula is C21H35IN4O. The quantitative estimate of drug-likeness (QED) is 0.364. The van der Waals surface area contributed by atoms with Crippen molar-refractivity contribution in [2.45, 2.75) is 82.3 Å². The SMILES string of the molecule is I.c1coc(CCN=C(NC2CCCCC2)NC2CCN(C3CC3)CC2)c1. The van der Waals surface area contributed by atoms with E-state index >= 15 is 0 Å². The lowest BCUT2D eigenvalue weighted by atomic mass is 9.95. The van der Waals surface area contributed by atoms with Gasteiger partial charge in [-0.1, -0.05) is 19.3 Å². The van der Waals surface area contributed by atoms with Crippen molar-refractivity contribution >= 4 is 29.9 Å². The van der Waals surface area contributed by atoms with Gasteiger partial charge in [-0.25, -0.2) is 0 Å². The summed E-state index contributed by atoms with van der Waals surface area (Å²) in [6.45, 7) is 3.26. The highest BCUT2D eigenvalue weighted by Gasteiger charge is 2.32. The van der Waals surface area contributed by atoms with Gasteiger partial charge in [0.05, 0.1) is 6.26 Å². The molecule has 5 nitrogen and oxygen atoms in total. The van der Waals surface area contributed by atoms with E-state index in [0.717, 1.165) is 30.7 Å². The first kappa shape index (κ1) is 21.0. The van der Waals surface area contributed by atoms with Gasteiger partial charge in [-0.3, -0.25) is 4.99 Å². The number of rotatable bonds is 6. The third kappa shape index (κ3) is 6.66. The molecule has 3 aliphatic rings. The van der Waals surface area contributed by atoms with Crippen molar-refractivity contribution < 1.29 is 4.42 Å².